The summed E-state index contributed by atoms with van der Waals surface area (Å²) in [6.07, 6.45) is 38.2. The average Bonchev–Trinajstić information content (AvgIpc) is 2.98. The van der Waals surface area contributed by atoms with Crippen LogP contribution in [0.1, 0.15) is 187 Å². The SMILES string of the molecule is CCCCCCC[C@H]1CC[C@H](C2CCC3(CC2)CC2(CCC([C@H]4CC[C@H](CCCCC)CC4)CC2)C3=O)CC1. The molecule has 5 rings (SSSR count). The standard InChI is InChI=1S/C38H66O/c1-3-5-7-8-10-12-31-15-19-33(20-16-31)35-23-27-38(28-24-35)29-37(36(38)39)25-21-34(22-26-37)32-17-13-30(14-18-32)11-9-6-4-2/h30-35H,3-29H2,1-2H3/t30-,31-,32-,33-,34?,35?,37?,38?. The van der Waals surface area contributed by atoms with Gasteiger partial charge in [-0.1, -0.05) is 104 Å². The Labute approximate surface area is 243 Å². The maximum Gasteiger partial charge on any atom is 0.145 e. The number of unbranched alkanes of at least 4 members (excludes halogenated alkanes) is 6. The Kier molecular flexibility index (Phi) is 11.0. The summed E-state index contributed by atoms with van der Waals surface area (Å²) < 4.78 is 0. The molecule has 0 amide bonds. The van der Waals surface area contributed by atoms with Gasteiger partial charge in [0.25, 0.3) is 0 Å². The molecule has 39 heavy (non-hydrogen) atoms. The van der Waals surface area contributed by atoms with Crippen molar-refractivity contribution < 1.29 is 4.79 Å². The number of carbonyl (C=O) groups is 1. The summed E-state index contributed by atoms with van der Waals surface area (Å²) in [7, 11) is 0. The molecule has 0 unspecified atom stereocenters. The van der Waals surface area contributed by atoms with E-state index >= 15 is 0 Å². The number of ketones is 1. The molecule has 0 atom stereocenters. The second-order valence-electron chi connectivity index (χ2n) is 16.0. The van der Waals surface area contributed by atoms with Crippen LogP contribution in [0.3, 0.4) is 0 Å². The van der Waals surface area contributed by atoms with Crippen molar-refractivity contribution in [1.29, 1.82) is 0 Å². The summed E-state index contributed by atoms with van der Waals surface area (Å²) in [6, 6.07) is 0. The number of rotatable bonds is 12. The molecular weight excluding hydrogens is 472 g/mol. The highest BCUT2D eigenvalue weighted by Crippen LogP contribution is 2.65. The molecule has 0 radical (unpaired) electrons. The van der Waals surface area contributed by atoms with Gasteiger partial charge in [-0.15, -0.1) is 0 Å². The van der Waals surface area contributed by atoms with Gasteiger partial charge in [-0.25, -0.2) is 0 Å². The molecule has 0 heterocycles. The van der Waals surface area contributed by atoms with Crippen LogP contribution in [0.4, 0.5) is 0 Å². The van der Waals surface area contributed by atoms with E-state index in [1.807, 2.05) is 0 Å². The molecule has 5 fully saturated rings. The van der Waals surface area contributed by atoms with Crippen molar-refractivity contribution in [3.8, 4) is 0 Å². The molecule has 0 aromatic heterocycles. The highest BCUT2D eigenvalue weighted by molar-refractivity contribution is 5.96. The van der Waals surface area contributed by atoms with E-state index in [0.717, 1.165) is 41.3 Å². The first kappa shape index (κ1) is 30.1. The number of hydrogen-bond donors (Lipinski definition) is 0. The van der Waals surface area contributed by atoms with E-state index in [9.17, 15) is 4.79 Å². The van der Waals surface area contributed by atoms with Crippen LogP contribution in [0, 0.1) is 46.3 Å². The predicted octanol–water partition coefficient (Wildman–Crippen LogP) is 11.9. The second-order valence-corrected chi connectivity index (χ2v) is 16.0. The molecule has 5 saturated carbocycles. The number of Topliss-reactive ketones (excluding diaryl/α,β-unsaturated/α-hetero) is 1. The first-order valence-electron chi connectivity index (χ1n) is 18.6. The Hall–Kier alpha value is -0.330. The van der Waals surface area contributed by atoms with Crippen LogP contribution < -0.4 is 0 Å². The van der Waals surface area contributed by atoms with Crippen LogP contribution in [-0.2, 0) is 4.79 Å². The van der Waals surface area contributed by atoms with E-state index in [1.165, 1.54) is 173 Å². The molecule has 5 aliphatic rings. The summed E-state index contributed by atoms with van der Waals surface area (Å²) in [5, 5.41) is 0. The van der Waals surface area contributed by atoms with Crippen LogP contribution in [0.25, 0.3) is 0 Å². The zero-order valence-corrected chi connectivity index (χ0v) is 26.5. The molecule has 0 aliphatic heterocycles. The Bertz CT molecular complexity index is 720. The molecule has 5 aliphatic carbocycles. The monoisotopic (exact) mass is 539 g/mol. The van der Waals surface area contributed by atoms with Crippen LogP contribution in [0.15, 0.2) is 0 Å². The molecule has 224 valence electrons. The first-order valence-corrected chi connectivity index (χ1v) is 18.6. The minimum absolute atomic E-state index is 0.135. The van der Waals surface area contributed by atoms with E-state index in [0.29, 0.717) is 0 Å². The van der Waals surface area contributed by atoms with Gasteiger partial charge in [0.05, 0.1) is 0 Å². The van der Waals surface area contributed by atoms with Gasteiger partial charge in [0, 0.05) is 10.8 Å². The minimum Gasteiger partial charge on any atom is -0.298 e. The average molecular weight is 539 g/mol. The van der Waals surface area contributed by atoms with E-state index in [-0.39, 0.29) is 10.8 Å². The van der Waals surface area contributed by atoms with Gasteiger partial charge in [-0.05, 0) is 119 Å². The number of carbonyl (C=O) groups excluding carboxylic acids is 1. The lowest BCUT2D eigenvalue weighted by atomic mass is 9.42. The summed E-state index contributed by atoms with van der Waals surface area (Å²) >= 11 is 0. The quantitative estimate of drug-likeness (QED) is 0.226. The Morgan fingerprint density at radius 3 is 1.26 bits per heavy atom. The summed E-state index contributed by atoms with van der Waals surface area (Å²) in [5.74, 6) is 6.68. The molecule has 0 aromatic carbocycles. The highest BCUT2D eigenvalue weighted by Gasteiger charge is 2.63. The molecule has 1 nitrogen and oxygen atoms in total. The lowest BCUT2D eigenvalue weighted by Gasteiger charge is -2.60. The number of hydrogen-bond acceptors (Lipinski definition) is 1. The van der Waals surface area contributed by atoms with Crippen molar-refractivity contribution in [1.82, 2.24) is 0 Å². The van der Waals surface area contributed by atoms with Crippen LogP contribution >= 0.6 is 0 Å². The van der Waals surface area contributed by atoms with Crippen molar-refractivity contribution in [2.75, 3.05) is 0 Å². The van der Waals surface area contributed by atoms with Crippen molar-refractivity contribution >= 4 is 5.78 Å². The lowest BCUT2D eigenvalue weighted by Crippen LogP contribution is -2.60. The Morgan fingerprint density at radius 1 is 0.487 bits per heavy atom. The van der Waals surface area contributed by atoms with E-state index in [4.69, 9.17) is 0 Å². The lowest BCUT2D eigenvalue weighted by molar-refractivity contribution is -0.170. The molecule has 2 spiro atoms. The second kappa shape index (κ2) is 14.2. The van der Waals surface area contributed by atoms with Crippen molar-refractivity contribution in [3.05, 3.63) is 0 Å². The van der Waals surface area contributed by atoms with Gasteiger partial charge < -0.3 is 0 Å². The fraction of sp³-hybridized carbons (Fsp3) is 0.974. The topological polar surface area (TPSA) is 17.1 Å². The molecule has 0 saturated heterocycles. The van der Waals surface area contributed by atoms with Crippen molar-refractivity contribution in [3.63, 3.8) is 0 Å². The van der Waals surface area contributed by atoms with Crippen LogP contribution in [0.2, 0.25) is 0 Å². The zero-order chi connectivity index (χ0) is 27.1. The molecular formula is C38H66O. The fourth-order valence-electron chi connectivity index (χ4n) is 11.0. The van der Waals surface area contributed by atoms with Gasteiger partial charge in [0.15, 0.2) is 0 Å². The van der Waals surface area contributed by atoms with Gasteiger partial charge in [0.1, 0.15) is 5.78 Å². The van der Waals surface area contributed by atoms with Crippen LogP contribution in [0.5, 0.6) is 0 Å². The third-order valence-electron chi connectivity index (χ3n) is 13.7. The van der Waals surface area contributed by atoms with Gasteiger partial charge in [0.2, 0.25) is 0 Å². The maximum absolute atomic E-state index is 13.9. The smallest absolute Gasteiger partial charge is 0.145 e. The van der Waals surface area contributed by atoms with Gasteiger partial charge in [-0.2, -0.15) is 0 Å². The van der Waals surface area contributed by atoms with Gasteiger partial charge >= 0.3 is 0 Å². The first-order chi connectivity index (χ1) is 19.1. The summed E-state index contributed by atoms with van der Waals surface area (Å²) in [6.45, 7) is 4.65. The van der Waals surface area contributed by atoms with Gasteiger partial charge in [-0.3, -0.25) is 4.79 Å². The highest BCUT2D eigenvalue weighted by atomic mass is 16.1. The molecule has 0 N–H and O–H groups in total. The molecule has 0 bridgehead atoms. The van der Waals surface area contributed by atoms with Crippen molar-refractivity contribution in [2.24, 2.45) is 46.3 Å². The third kappa shape index (κ3) is 7.19. The van der Waals surface area contributed by atoms with E-state index in [1.54, 1.807) is 0 Å². The fourth-order valence-corrected chi connectivity index (χ4v) is 11.0. The Morgan fingerprint density at radius 2 is 0.846 bits per heavy atom. The normalized spacial score (nSPS) is 41.1. The maximum atomic E-state index is 13.9. The summed E-state index contributed by atoms with van der Waals surface area (Å²) in [5.41, 5.74) is 0.269. The summed E-state index contributed by atoms with van der Waals surface area (Å²) in [4.78, 5) is 13.9. The van der Waals surface area contributed by atoms with Crippen LogP contribution in [-0.4, -0.2) is 5.78 Å². The van der Waals surface area contributed by atoms with E-state index in [2.05, 4.69) is 13.8 Å². The largest absolute Gasteiger partial charge is 0.298 e. The third-order valence-corrected chi connectivity index (χ3v) is 13.7. The molecule has 0 aromatic rings. The van der Waals surface area contributed by atoms with Crippen molar-refractivity contribution in [2.45, 2.75) is 187 Å². The zero-order valence-electron chi connectivity index (χ0n) is 26.5. The predicted molar refractivity (Wildman–Crippen MR) is 167 cm³/mol. The van der Waals surface area contributed by atoms with E-state index < -0.39 is 0 Å². The minimum atomic E-state index is 0.135. The Balaban J connectivity index is 0.982. The molecule has 1 heteroatoms.